The molecule has 2 heterocycles. The number of hydrogen-bond donors (Lipinski definition) is 0. The van der Waals surface area contributed by atoms with Crippen molar-refractivity contribution in [3.8, 4) is 5.69 Å². The lowest BCUT2D eigenvalue weighted by molar-refractivity contribution is -0.139. The topological polar surface area (TPSA) is 69.9 Å². The first kappa shape index (κ1) is 17.3. The molecule has 0 bridgehead atoms. The molecule has 0 N–H and O–H groups in total. The third-order valence-corrected chi connectivity index (χ3v) is 4.58. The molecule has 3 aromatic rings. The van der Waals surface area contributed by atoms with Crippen molar-refractivity contribution in [3.63, 3.8) is 0 Å². The summed E-state index contributed by atoms with van der Waals surface area (Å²) >= 11 is 6.93. The molecule has 0 aliphatic carbocycles. The van der Waals surface area contributed by atoms with Gasteiger partial charge in [-0.3, -0.25) is 0 Å². The molecule has 0 saturated heterocycles. The van der Waals surface area contributed by atoms with Gasteiger partial charge in [-0.25, -0.2) is 9.48 Å². The number of benzene rings is 1. The average Bonchev–Trinajstić information content (AvgIpc) is 3.15. The zero-order valence-electron chi connectivity index (χ0n) is 13.6. The Hall–Kier alpha value is -2.51. The Bertz CT molecular complexity index is 918. The molecule has 0 amide bonds. The first-order chi connectivity index (χ1) is 12.1. The van der Waals surface area contributed by atoms with Crippen LogP contribution in [0.3, 0.4) is 0 Å². The molecule has 0 aliphatic rings. The summed E-state index contributed by atoms with van der Waals surface area (Å²) in [5, 5.41) is 8.33. The molecular formula is C17H15ClN4O2S. The minimum atomic E-state index is -0.477. The van der Waals surface area contributed by atoms with Crippen LogP contribution in [-0.4, -0.2) is 25.3 Å². The van der Waals surface area contributed by atoms with E-state index >= 15 is 0 Å². The monoisotopic (exact) mass is 374 g/mol. The molecule has 0 fully saturated rings. The molecule has 1 aromatic carbocycles. The smallest absolute Gasteiger partial charge is 0.331 e. The van der Waals surface area contributed by atoms with Gasteiger partial charge in [0.2, 0.25) is 0 Å². The summed E-state index contributed by atoms with van der Waals surface area (Å²) in [7, 11) is 0. The SMILES string of the molecule is Cc1nn(-c2ccccc2)c(C)c1/C=C/C(=O)OCc1nnsc1Cl. The Labute approximate surface area is 153 Å². The number of aryl methyl sites for hydroxylation is 1. The van der Waals surface area contributed by atoms with Gasteiger partial charge in [0.05, 0.1) is 11.4 Å². The molecule has 3 rings (SSSR count). The van der Waals surface area contributed by atoms with Crippen LogP contribution in [0.2, 0.25) is 4.34 Å². The molecule has 8 heteroatoms. The van der Waals surface area contributed by atoms with Crippen molar-refractivity contribution >= 4 is 35.2 Å². The van der Waals surface area contributed by atoms with Crippen molar-refractivity contribution in [2.24, 2.45) is 0 Å². The van der Waals surface area contributed by atoms with Gasteiger partial charge in [0.25, 0.3) is 0 Å². The van der Waals surface area contributed by atoms with E-state index < -0.39 is 5.97 Å². The lowest BCUT2D eigenvalue weighted by Gasteiger charge is -2.03. The molecule has 128 valence electrons. The first-order valence-electron chi connectivity index (χ1n) is 7.49. The summed E-state index contributed by atoms with van der Waals surface area (Å²) < 4.78 is 11.1. The van der Waals surface area contributed by atoms with E-state index in [-0.39, 0.29) is 6.61 Å². The van der Waals surface area contributed by atoms with Crippen LogP contribution in [0.5, 0.6) is 0 Å². The maximum Gasteiger partial charge on any atom is 0.331 e. The third-order valence-electron chi connectivity index (χ3n) is 3.59. The molecule has 0 spiro atoms. The normalized spacial score (nSPS) is 11.2. The molecule has 2 aromatic heterocycles. The highest BCUT2D eigenvalue weighted by Gasteiger charge is 2.11. The predicted molar refractivity (Wildman–Crippen MR) is 96.8 cm³/mol. The maximum absolute atomic E-state index is 11.9. The summed E-state index contributed by atoms with van der Waals surface area (Å²) in [6.07, 6.45) is 3.08. The zero-order valence-corrected chi connectivity index (χ0v) is 15.2. The van der Waals surface area contributed by atoms with E-state index in [1.54, 1.807) is 6.08 Å². The number of esters is 1. The van der Waals surface area contributed by atoms with Gasteiger partial charge < -0.3 is 4.74 Å². The van der Waals surface area contributed by atoms with Crippen LogP contribution in [0.4, 0.5) is 0 Å². The van der Waals surface area contributed by atoms with Crippen molar-refractivity contribution in [3.05, 3.63) is 63.4 Å². The second kappa shape index (κ2) is 7.58. The fourth-order valence-corrected chi connectivity index (χ4v) is 2.94. The van der Waals surface area contributed by atoms with Crippen LogP contribution in [-0.2, 0) is 16.1 Å². The Morgan fingerprint density at radius 1 is 1.32 bits per heavy atom. The second-order valence-corrected chi connectivity index (χ2v) is 6.62. The van der Waals surface area contributed by atoms with E-state index in [1.165, 1.54) is 6.08 Å². The second-order valence-electron chi connectivity index (χ2n) is 5.27. The van der Waals surface area contributed by atoms with Gasteiger partial charge in [0.15, 0.2) is 0 Å². The van der Waals surface area contributed by atoms with Gasteiger partial charge in [-0.15, -0.1) is 5.10 Å². The Morgan fingerprint density at radius 3 is 2.76 bits per heavy atom. The fraction of sp³-hybridized carbons (Fsp3) is 0.176. The van der Waals surface area contributed by atoms with Crippen molar-refractivity contribution in [1.82, 2.24) is 19.4 Å². The highest BCUT2D eigenvalue weighted by Crippen LogP contribution is 2.20. The van der Waals surface area contributed by atoms with E-state index in [1.807, 2.05) is 48.9 Å². The van der Waals surface area contributed by atoms with Crippen LogP contribution >= 0.6 is 23.1 Å². The maximum atomic E-state index is 11.9. The van der Waals surface area contributed by atoms with E-state index in [0.717, 1.165) is 34.2 Å². The van der Waals surface area contributed by atoms with Crippen LogP contribution < -0.4 is 0 Å². The molecule has 6 nitrogen and oxygen atoms in total. The standard InChI is InChI=1S/C17H15ClN4O2S/c1-11-14(12(2)22(20-11)13-6-4-3-5-7-13)8-9-16(23)24-10-15-17(18)25-21-19-15/h3-9H,10H2,1-2H3/b9-8+. The molecule has 0 saturated carbocycles. The number of rotatable bonds is 5. The fourth-order valence-electron chi connectivity index (χ4n) is 2.34. The number of ether oxygens (including phenoxy) is 1. The molecule has 0 aliphatic heterocycles. The number of para-hydroxylation sites is 1. The summed E-state index contributed by atoms with van der Waals surface area (Å²) in [6, 6.07) is 9.82. The van der Waals surface area contributed by atoms with Crippen molar-refractivity contribution in [1.29, 1.82) is 0 Å². The van der Waals surface area contributed by atoms with Crippen LogP contribution in [0.25, 0.3) is 11.8 Å². The number of nitrogens with zero attached hydrogens (tertiary/aromatic N) is 4. The summed E-state index contributed by atoms with van der Waals surface area (Å²) in [5.74, 6) is -0.477. The highest BCUT2D eigenvalue weighted by molar-refractivity contribution is 7.10. The number of halogens is 1. The zero-order chi connectivity index (χ0) is 17.8. The van der Waals surface area contributed by atoms with E-state index in [4.69, 9.17) is 16.3 Å². The van der Waals surface area contributed by atoms with Gasteiger partial charge in [-0.05, 0) is 32.1 Å². The minimum Gasteiger partial charge on any atom is -0.456 e. The quantitative estimate of drug-likeness (QED) is 0.502. The molecular weight excluding hydrogens is 360 g/mol. The number of hydrogen-bond acceptors (Lipinski definition) is 6. The third kappa shape index (κ3) is 3.94. The van der Waals surface area contributed by atoms with E-state index in [2.05, 4.69) is 14.7 Å². The van der Waals surface area contributed by atoms with Crippen LogP contribution in [0.1, 0.15) is 22.6 Å². The summed E-state index contributed by atoms with van der Waals surface area (Å²) in [6.45, 7) is 3.86. The predicted octanol–water partition coefficient (Wildman–Crippen LogP) is 3.75. The minimum absolute atomic E-state index is 0.000250. The van der Waals surface area contributed by atoms with Crippen molar-refractivity contribution in [2.45, 2.75) is 20.5 Å². The van der Waals surface area contributed by atoms with Crippen molar-refractivity contribution in [2.75, 3.05) is 0 Å². The van der Waals surface area contributed by atoms with E-state index in [0.29, 0.717) is 10.0 Å². The molecule has 25 heavy (non-hydrogen) atoms. The number of carbonyl (C=O) groups is 1. The van der Waals surface area contributed by atoms with Gasteiger partial charge in [-0.1, -0.05) is 34.3 Å². The highest BCUT2D eigenvalue weighted by atomic mass is 35.5. The Kier molecular flexibility index (Phi) is 5.25. The Balaban J connectivity index is 1.72. The lowest BCUT2D eigenvalue weighted by Crippen LogP contribution is -2.01. The average molecular weight is 375 g/mol. The van der Waals surface area contributed by atoms with Crippen LogP contribution in [0, 0.1) is 13.8 Å². The molecule has 0 radical (unpaired) electrons. The number of aromatic nitrogens is 4. The molecule has 0 unspecified atom stereocenters. The lowest BCUT2D eigenvalue weighted by atomic mass is 10.2. The van der Waals surface area contributed by atoms with Gasteiger partial charge in [0.1, 0.15) is 16.6 Å². The van der Waals surface area contributed by atoms with Crippen LogP contribution in [0.15, 0.2) is 36.4 Å². The van der Waals surface area contributed by atoms with E-state index in [9.17, 15) is 4.79 Å². The van der Waals surface area contributed by atoms with Gasteiger partial charge in [0, 0.05) is 28.9 Å². The largest absolute Gasteiger partial charge is 0.456 e. The Morgan fingerprint density at radius 2 is 2.08 bits per heavy atom. The summed E-state index contributed by atoms with van der Waals surface area (Å²) in [4.78, 5) is 11.9. The number of carbonyl (C=O) groups excluding carboxylic acids is 1. The summed E-state index contributed by atoms with van der Waals surface area (Å²) in [5.41, 5.74) is 4.08. The van der Waals surface area contributed by atoms with Gasteiger partial charge in [-0.2, -0.15) is 5.10 Å². The van der Waals surface area contributed by atoms with Gasteiger partial charge >= 0.3 is 5.97 Å². The first-order valence-corrected chi connectivity index (χ1v) is 8.64. The van der Waals surface area contributed by atoms with Crippen molar-refractivity contribution < 1.29 is 9.53 Å². The molecule has 0 atom stereocenters.